The molecule has 0 spiro atoms. The number of halogens is 2. The van der Waals surface area contributed by atoms with Gasteiger partial charge in [0.05, 0.1) is 0 Å². The minimum atomic E-state index is -4.94. The summed E-state index contributed by atoms with van der Waals surface area (Å²) < 4.78 is 67.9. The number of nitrogens with one attached hydrogen (secondary N) is 5. The molecule has 18 heteroatoms. The largest absolute Gasteiger partial charge is 2.00 e. The van der Waals surface area contributed by atoms with Crippen LogP contribution >= 0.6 is 0 Å². The van der Waals surface area contributed by atoms with Crippen LogP contribution in [0.1, 0.15) is 0 Å². The van der Waals surface area contributed by atoms with Crippen molar-refractivity contribution in [2.45, 2.75) is 0 Å². The maximum Gasteiger partial charge on any atom is 2.00 e. The molecule has 0 aromatic carbocycles. The molecule has 1 fully saturated rings. The molecule has 0 bridgehead atoms. The zero-order chi connectivity index (χ0) is 22.1. The van der Waals surface area contributed by atoms with Crippen molar-refractivity contribution in [3.05, 3.63) is 0 Å². The Balaban J connectivity index is -0.000000512. The SMILES string of the molecule is N=C(N)NCCN1CCNCCNCCNCC1.[O-][Cl+3]([O-])([O-])[O-].[O-][Cl+3]([O-])([O-])[O-].[Zn+2]. The fourth-order valence-electron chi connectivity index (χ4n) is 1.89. The number of nitrogens with zero attached hydrogens (tertiary/aromatic N) is 1. The predicted octanol–water partition coefficient (Wildman–Crippen LogP) is -12.0. The second-order valence-corrected chi connectivity index (χ2v) is 6.70. The van der Waals surface area contributed by atoms with E-state index >= 15 is 0 Å². The average Bonchev–Trinajstić information content (AvgIpc) is 2.46. The Labute approximate surface area is 186 Å². The Morgan fingerprint density at radius 3 is 1.41 bits per heavy atom. The predicted molar refractivity (Wildman–Crippen MR) is 75.0 cm³/mol. The van der Waals surface area contributed by atoms with Crippen LogP contribution in [-0.4, -0.2) is 76.3 Å². The molecule has 29 heavy (non-hydrogen) atoms. The van der Waals surface area contributed by atoms with Crippen molar-refractivity contribution in [2.75, 3.05) is 65.4 Å². The van der Waals surface area contributed by atoms with E-state index in [1.165, 1.54) is 0 Å². The first-order valence-corrected chi connectivity index (χ1v) is 10.4. The molecule has 0 aromatic rings. The van der Waals surface area contributed by atoms with Gasteiger partial charge in [-0.25, -0.2) is 37.3 Å². The van der Waals surface area contributed by atoms with Crippen molar-refractivity contribution in [1.29, 1.82) is 5.41 Å². The van der Waals surface area contributed by atoms with Crippen molar-refractivity contribution in [1.82, 2.24) is 26.2 Å². The number of rotatable bonds is 3. The summed E-state index contributed by atoms with van der Waals surface area (Å²) in [6.45, 7) is 9.78. The van der Waals surface area contributed by atoms with Gasteiger partial charge in [-0.2, -0.15) is 0 Å². The quantitative estimate of drug-likeness (QED) is 0.114. The smallest absolute Gasteiger partial charge is 0.370 e. The standard InChI is InChI=1S/C11H27N7.2ClHO4.Zn/c12-11(13)17-7-10-18-8-5-15-3-1-14-2-4-16-6-9-18;2*2-1(3,4)5;/h14-16H,1-10H2,(H4,12,13,17);2*(H,2,3,4,5);/q;;;+2/p-2. The van der Waals surface area contributed by atoms with Crippen LogP contribution in [0.4, 0.5) is 0 Å². The number of hydrogen-bond acceptors (Lipinski definition) is 13. The zero-order valence-corrected chi connectivity index (χ0v) is 20.3. The van der Waals surface area contributed by atoms with Gasteiger partial charge in [0, 0.05) is 65.4 Å². The molecule has 0 unspecified atom stereocenters. The summed E-state index contributed by atoms with van der Waals surface area (Å²) in [6, 6.07) is 0. The molecule has 15 nitrogen and oxygen atoms in total. The Hall–Kier alpha value is -0.00662. The van der Waals surface area contributed by atoms with Crippen LogP contribution in [0.3, 0.4) is 0 Å². The van der Waals surface area contributed by atoms with Gasteiger partial charge in [0.2, 0.25) is 0 Å². The average molecular weight is 522 g/mol. The maximum atomic E-state index is 8.49. The zero-order valence-electron chi connectivity index (χ0n) is 15.8. The van der Waals surface area contributed by atoms with E-state index in [0.717, 1.165) is 65.4 Å². The third-order valence-electron chi connectivity index (χ3n) is 2.91. The molecule has 1 rings (SSSR count). The van der Waals surface area contributed by atoms with Crippen LogP contribution in [0.5, 0.6) is 0 Å². The summed E-state index contributed by atoms with van der Waals surface area (Å²) in [5, 5.41) is 20.2. The van der Waals surface area contributed by atoms with Crippen LogP contribution in [-0.2, 0) is 19.5 Å². The molecule has 1 aliphatic heterocycles. The number of nitrogens with two attached hydrogens (primary N) is 1. The van der Waals surface area contributed by atoms with Crippen LogP contribution in [0.15, 0.2) is 0 Å². The van der Waals surface area contributed by atoms with Gasteiger partial charge in [-0.15, -0.1) is 20.5 Å². The van der Waals surface area contributed by atoms with Gasteiger partial charge in [-0.1, -0.05) is 0 Å². The minimum Gasteiger partial charge on any atom is -0.370 e. The summed E-state index contributed by atoms with van der Waals surface area (Å²) in [5.74, 6) is 0.0479. The van der Waals surface area contributed by atoms with E-state index in [-0.39, 0.29) is 25.4 Å². The molecule has 1 heterocycles. The Morgan fingerprint density at radius 1 is 0.793 bits per heavy atom. The van der Waals surface area contributed by atoms with Gasteiger partial charge >= 0.3 is 19.5 Å². The fraction of sp³-hybridized carbons (Fsp3) is 0.909. The monoisotopic (exact) mass is 519 g/mol. The summed E-state index contributed by atoms with van der Waals surface area (Å²) in [7, 11) is -9.89. The van der Waals surface area contributed by atoms with Crippen molar-refractivity contribution >= 4 is 5.96 Å². The molecule has 0 radical (unpaired) electrons. The first-order chi connectivity index (χ1) is 12.8. The Bertz CT molecular complexity index is 357. The third-order valence-corrected chi connectivity index (χ3v) is 2.91. The minimum absolute atomic E-state index is 0. The topological polar surface area (TPSA) is 286 Å². The van der Waals surface area contributed by atoms with E-state index in [0.29, 0.717) is 0 Å². The molecule has 1 aliphatic rings. The number of guanidine groups is 1. The molecule has 0 amide bonds. The summed E-state index contributed by atoms with van der Waals surface area (Å²) in [5.41, 5.74) is 5.27. The summed E-state index contributed by atoms with van der Waals surface area (Å²) in [4.78, 5) is 2.38. The molecule has 0 atom stereocenters. The summed E-state index contributed by atoms with van der Waals surface area (Å²) in [6.07, 6.45) is 0. The number of hydrogen-bond donors (Lipinski definition) is 6. The molecule has 1 saturated heterocycles. The van der Waals surface area contributed by atoms with E-state index in [9.17, 15) is 0 Å². The first-order valence-electron chi connectivity index (χ1n) is 7.95. The van der Waals surface area contributed by atoms with E-state index < -0.39 is 20.5 Å². The van der Waals surface area contributed by atoms with E-state index in [4.69, 9.17) is 48.4 Å². The maximum absolute atomic E-state index is 8.49. The molecule has 0 aromatic heterocycles. The van der Waals surface area contributed by atoms with Crippen molar-refractivity contribution in [3.8, 4) is 0 Å². The summed E-state index contributed by atoms with van der Waals surface area (Å²) >= 11 is 0. The van der Waals surface area contributed by atoms with Crippen molar-refractivity contribution in [2.24, 2.45) is 5.73 Å². The van der Waals surface area contributed by atoms with Gasteiger partial charge in [-0.3, -0.25) is 10.3 Å². The molecular weight excluding hydrogens is 494 g/mol. The third kappa shape index (κ3) is 47.3. The van der Waals surface area contributed by atoms with Gasteiger partial charge in [-0.05, 0) is 0 Å². The van der Waals surface area contributed by atoms with Crippen molar-refractivity contribution in [3.63, 3.8) is 0 Å². The van der Waals surface area contributed by atoms with Gasteiger partial charge in [0.25, 0.3) is 0 Å². The Kier molecular flexibility index (Phi) is 23.1. The molecule has 0 saturated carbocycles. The second-order valence-electron chi connectivity index (χ2n) is 5.19. The first kappa shape index (κ1) is 33.6. The van der Waals surface area contributed by atoms with E-state index in [1.54, 1.807) is 0 Å². The normalized spacial score (nSPS) is 17.0. The second kappa shape index (κ2) is 19.9. The Morgan fingerprint density at radius 2 is 1.10 bits per heavy atom. The van der Waals surface area contributed by atoms with Crippen molar-refractivity contribution < 1.29 is 77.2 Å². The van der Waals surface area contributed by atoms with E-state index in [2.05, 4.69) is 26.2 Å². The van der Waals surface area contributed by atoms with Crippen LogP contribution in [0, 0.1) is 25.9 Å². The molecule has 170 valence electrons. The molecular formula is C11H27Cl2N7O8Zn. The van der Waals surface area contributed by atoms with Crippen LogP contribution in [0.2, 0.25) is 0 Å². The van der Waals surface area contributed by atoms with Gasteiger partial charge in [0.15, 0.2) is 5.96 Å². The van der Waals surface area contributed by atoms with E-state index in [1.807, 2.05) is 0 Å². The molecule has 7 N–H and O–H groups in total. The van der Waals surface area contributed by atoms with Crippen LogP contribution < -0.4 is 64.3 Å². The van der Waals surface area contributed by atoms with Gasteiger partial charge < -0.3 is 27.0 Å². The fourth-order valence-corrected chi connectivity index (χ4v) is 1.89. The van der Waals surface area contributed by atoms with Gasteiger partial charge in [0.1, 0.15) is 0 Å². The van der Waals surface area contributed by atoms with Crippen LogP contribution in [0.25, 0.3) is 0 Å². The molecule has 0 aliphatic carbocycles.